The normalized spacial score (nSPS) is 17.8. The molecule has 1 saturated carbocycles. The summed E-state index contributed by atoms with van der Waals surface area (Å²) in [7, 11) is -3.19. The molecule has 94 valence electrons. The van der Waals surface area contributed by atoms with Crippen LogP contribution in [0.3, 0.4) is 0 Å². The van der Waals surface area contributed by atoms with Gasteiger partial charge in [0.05, 0.1) is 10.6 Å². The van der Waals surface area contributed by atoms with E-state index in [1.54, 1.807) is 18.2 Å². The zero-order valence-electron chi connectivity index (χ0n) is 9.89. The molecule has 0 aliphatic heterocycles. The molecule has 1 unspecified atom stereocenters. The van der Waals surface area contributed by atoms with Gasteiger partial charge < -0.3 is 11.1 Å². The third-order valence-electron chi connectivity index (χ3n) is 3.04. The predicted molar refractivity (Wildman–Crippen MR) is 68.7 cm³/mol. The standard InChI is InChI=1S/C12H18N2O2S/c1-17(15,16)12-5-3-2-4-11(12)14-8-10(13)9-6-7-9/h2-5,9-10,14H,6-8,13H2,1H3. The number of anilines is 1. The first-order chi connectivity index (χ1) is 7.98. The first-order valence-electron chi connectivity index (χ1n) is 5.77. The van der Waals surface area contributed by atoms with Gasteiger partial charge in [-0.2, -0.15) is 0 Å². The van der Waals surface area contributed by atoms with Crippen LogP contribution in [0.1, 0.15) is 12.8 Å². The number of sulfone groups is 1. The molecule has 0 amide bonds. The lowest BCUT2D eigenvalue weighted by Crippen LogP contribution is -2.31. The molecule has 1 aromatic carbocycles. The average Bonchev–Trinajstić information content (AvgIpc) is 3.08. The topological polar surface area (TPSA) is 72.2 Å². The molecule has 3 N–H and O–H groups in total. The fourth-order valence-corrected chi connectivity index (χ4v) is 2.72. The highest BCUT2D eigenvalue weighted by molar-refractivity contribution is 7.90. The van der Waals surface area contributed by atoms with E-state index >= 15 is 0 Å². The van der Waals surface area contributed by atoms with Gasteiger partial charge in [-0.1, -0.05) is 12.1 Å². The van der Waals surface area contributed by atoms with Crippen LogP contribution in [0.2, 0.25) is 0 Å². The van der Waals surface area contributed by atoms with Gasteiger partial charge in [-0.05, 0) is 30.9 Å². The Morgan fingerprint density at radius 3 is 2.65 bits per heavy atom. The zero-order chi connectivity index (χ0) is 12.5. The van der Waals surface area contributed by atoms with E-state index in [1.165, 1.54) is 19.1 Å². The molecule has 1 fully saturated rings. The minimum Gasteiger partial charge on any atom is -0.382 e. The van der Waals surface area contributed by atoms with E-state index in [9.17, 15) is 8.42 Å². The van der Waals surface area contributed by atoms with Gasteiger partial charge in [0.15, 0.2) is 9.84 Å². The van der Waals surface area contributed by atoms with Gasteiger partial charge in [-0.15, -0.1) is 0 Å². The molecule has 1 atom stereocenters. The van der Waals surface area contributed by atoms with Crippen molar-refractivity contribution in [1.82, 2.24) is 0 Å². The molecule has 5 heteroatoms. The number of hydrogen-bond donors (Lipinski definition) is 2. The Kier molecular flexibility index (Phi) is 3.40. The van der Waals surface area contributed by atoms with E-state index < -0.39 is 9.84 Å². The van der Waals surface area contributed by atoms with Crippen LogP contribution in [-0.4, -0.2) is 27.3 Å². The number of rotatable bonds is 5. The van der Waals surface area contributed by atoms with Gasteiger partial charge in [0, 0.05) is 18.8 Å². The summed E-state index contributed by atoms with van der Waals surface area (Å²) in [4.78, 5) is 0.336. The minimum atomic E-state index is -3.19. The van der Waals surface area contributed by atoms with Gasteiger partial charge in [0.2, 0.25) is 0 Å². The van der Waals surface area contributed by atoms with Crippen LogP contribution >= 0.6 is 0 Å². The van der Waals surface area contributed by atoms with Crippen molar-refractivity contribution < 1.29 is 8.42 Å². The monoisotopic (exact) mass is 254 g/mol. The Morgan fingerprint density at radius 2 is 2.06 bits per heavy atom. The highest BCUT2D eigenvalue weighted by Gasteiger charge is 2.28. The lowest BCUT2D eigenvalue weighted by molar-refractivity contribution is 0.601. The lowest BCUT2D eigenvalue weighted by atomic mass is 10.2. The average molecular weight is 254 g/mol. The second-order valence-electron chi connectivity index (χ2n) is 4.65. The number of para-hydroxylation sites is 1. The fourth-order valence-electron chi connectivity index (χ4n) is 1.85. The molecule has 0 aromatic heterocycles. The van der Waals surface area contributed by atoms with Crippen molar-refractivity contribution >= 4 is 15.5 Å². The molecule has 0 radical (unpaired) electrons. The summed E-state index contributed by atoms with van der Waals surface area (Å²) in [6.45, 7) is 0.622. The maximum Gasteiger partial charge on any atom is 0.177 e. The smallest absolute Gasteiger partial charge is 0.177 e. The Bertz CT molecular complexity index is 495. The van der Waals surface area contributed by atoms with Crippen molar-refractivity contribution in [2.75, 3.05) is 18.1 Å². The van der Waals surface area contributed by atoms with Gasteiger partial charge in [0.25, 0.3) is 0 Å². The summed E-state index contributed by atoms with van der Waals surface area (Å²) < 4.78 is 23.1. The second-order valence-corrected chi connectivity index (χ2v) is 6.63. The van der Waals surface area contributed by atoms with Crippen molar-refractivity contribution in [2.24, 2.45) is 11.7 Å². The molecule has 0 heterocycles. The predicted octanol–water partition coefficient (Wildman–Crippen LogP) is 1.24. The summed E-state index contributed by atoms with van der Waals surface area (Å²) in [5.41, 5.74) is 6.62. The number of nitrogens with one attached hydrogen (secondary N) is 1. The van der Waals surface area contributed by atoms with Crippen LogP contribution < -0.4 is 11.1 Å². The molecule has 1 aliphatic carbocycles. The Morgan fingerprint density at radius 1 is 1.41 bits per heavy atom. The third-order valence-corrected chi connectivity index (χ3v) is 4.20. The summed E-state index contributed by atoms with van der Waals surface area (Å²) in [6, 6.07) is 7.04. The molecule has 1 aliphatic rings. The molecule has 4 nitrogen and oxygen atoms in total. The van der Waals surface area contributed by atoms with Gasteiger partial charge >= 0.3 is 0 Å². The van der Waals surface area contributed by atoms with Gasteiger partial charge in [-0.25, -0.2) is 8.42 Å². The van der Waals surface area contributed by atoms with E-state index in [-0.39, 0.29) is 6.04 Å². The lowest BCUT2D eigenvalue weighted by Gasteiger charge is -2.14. The fraction of sp³-hybridized carbons (Fsp3) is 0.500. The van der Waals surface area contributed by atoms with Gasteiger partial charge in [-0.3, -0.25) is 0 Å². The number of hydrogen-bond acceptors (Lipinski definition) is 4. The molecule has 0 bridgehead atoms. The van der Waals surface area contributed by atoms with Crippen molar-refractivity contribution in [2.45, 2.75) is 23.8 Å². The van der Waals surface area contributed by atoms with E-state index in [1.807, 2.05) is 6.07 Å². The molecule has 0 spiro atoms. The van der Waals surface area contributed by atoms with E-state index in [4.69, 9.17) is 5.73 Å². The first kappa shape index (κ1) is 12.4. The van der Waals surface area contributed by atoms with Crippen molar-refractivity contribution in [3.05, 3.63) is 24.3 Å². The van der Waals surface area contributed by atoms with Crippen LogP contribution in [0.25, 0.3) is 0 Å². The van der Waals surface area contributed by atoms with Crippen molar-refractivity contribution in [1.29, 1.82) is 0 Å². The summed E-state index contributed by atoms with van der Waals surface area (Å²) in [5, 5.41) is 3.14. The second kappa shape index (κ2) is 4.66. The van der Waals surface area contributed by atoms with E-state index in [0.29, 0.717) is 23.0 Å². The van der Waals surface area contributed by atoms with Crippen LogP contribution in [0.15, 0.2) is 29.2 Å². The quantitative estimate of drug-likeness (QED) is 0.829. The van der Waals surface area contributed by atoms with Crippen molar-refractivity contribution in [3.8, 4) is 0 Å². The number of nitrogens with two attached hydrogens (primary N) is 1. The molecule has 1 aromatic rings. The van der Waals surface area contributed by atoms with Crippen LogP contribution in [0, 0.1) is 5.92 Å². The molecule has 2 rings (SSSR count). The van der Waals surface area contributed by atoms with E-state index in [0.717, 1.165) is 0 Å². The van der Waals surface area contributed by atoms with Crippen LogP contribution in [0.4, 0.5) is 5.69 Å². The Balaban J connectivity index is 2.09. The van der Waals surface area contributed by atoms with E-state index in [2.05, 4.69) is 5.32 Å². The summed E-state index contributed by atoms with van der Waals surface area (Å²) in [6.07, 6.45) is 3.60. The first-order valence-corrected chi connectivity index (χ1v) is 7.66. The maximum absolute atomic E-state index is 11.6. The Labute approximate surface area is 102 Å². The highest BCUT2D eigenvalue weighted by Crippen LogP contribution is 2.31. The molecule has 0 saturated heterocycles. The van der Waals surface area contributed by atoms with Crippen molar-refractivity contribution in [3.63, 3.8) is 0 Å². The molecular formula is C12H18N2O2S. The third kappa shape index (κ3) is 3.20. The molecular weight excluding hydrogens is 236 g/mol. The van der Waals surface area contributed by atoms with Gasteiger partial charge in [0.1, 0.15) is 0 Å². The highest BCUT2D eigenvalue weighted by atomic mass is 32.2. The summed E-state index contributed by atoms with van der Waals surface area (Å²) >= 11 is 0. The Hall–Kier alpha value is -1.07. The maximum atomic E-state index is 11.6. The van der Waals surface area contributed by atoms with Crippen LogP contribution in [-0.2, 0) is 9.84 Å². The summed E-state index contributed by atoms with van der Waals surface area (Å²) in [5.74, 6) is 0.605. The number of benzene rings is 1. The zero-order valence-corrected chi connectivity index (χ0v) is 10.7. The largest absolute Gasteiger partial charge is 0.382 e. The SMILES string of the molecule is CS(=O)(=O)c1ccccc1NCC(N)C1CC1. The van der Waals surface area contributed by atoms with Crippen LogP contribution in [0.5, 0.6) is 0 Å². The molecule has 17 heavy (non-hydrogen) atoms. The minimum absolute atomic E-state index is 0.114.